The maximum Gasteiger partial charge on any atom is 0.249 e. The van der Waals surface area contributed by atoms with E-state index in [0.29, 0.717) is 26.1 Å². The molecule has 1 aromatic rings. The van der Waals surface area contributed by atoms with E-state index in [1.165, 1.54) is 0 Å². The fraction of sp³-hybridized carbons (Fsp3) is 0.583. The normalized spacial score (nSPS) is 22.4. The molecule has 20 heavy (non-hydrogen) atoms. The largest absolute Gasteiger partial charge is 0.344 e. The van der Waals surface area contributed by atoms with Gasteiger partial charge in [0.25, 0.3) is 0 Å². The molecule has 2 N–H and O–H groups in total. The van der Waals surface area contributed by atoms with Crippen molar-refractivity contribution in [1.29, 1.82) is 0 Å². The summed E-state index contributed by atoms with van der Waals surface area (Å²) in [5.41, 5.74) is 0.787. The Kier molecular flexibility index (Phi) is 4.29. The molecule has 0 radical (unpaired) electrons. The number of aromatic nitrogens is 2. The Bertz CT molecular complexity index is 514. The van der Waals surface area contributed by atoms with Crippen molar-refractivity contribution >= 4 is 29.9 Å². The van der Waals surface area contributed by atoms with Crippen molar-refractivity contribution in [2.45, 2.75) is 12.5 Å². The van der Waals surface area contributed by atoms with Crippen LogP contribution in [0.4, 0.5) is 5.69 Å². The van der Waals surface area contributed by atoms with Crippen molar-refractivity contribution in [1.82, 2.24) is 20.4 Å². The first-order valence-corrected chi connectivity index (χ1v) is 6.46. The lowest BCUT2D eigenvalue weighted by Crippen LogP contribution is -2.54. The predicted molar refractivity (Wildman–Crippen MR) is 75.7 cm³/mol. The van der Waals surface area contributed by atoms with E-state index in [0.717, 1.165) is 5.69 Å². The molecule has 3 rings (SSSR count). The van der Waals surface area contributed by atoms with Crippen molar-refractivity contribution in [2.24, 2.45) is 13.0 Å². The number of rotatable bonds is 3. The van der Waals surface area contributed by atoms with Gasteiger partial charge in [-0.1, -0.05) is 0 Å². The van der Waals surface area contributed by atoms with Crippen LogP contribution in [0.25, 0.3) is 0 Å². The number of aryl methyl sites for hydroxylation is 1. The van der Waals surface area contributed by atoms with Crippen LogP contribution in [0.2, 0.25) is 0 Å². The molecule has 0 aliphatic carbocycles. The number of nitrogens with one attached hydrogen (secondary N) is 2. The molecule has 2 fully saturated rings. The second-order valence-corrected chi connectivity index (χ2v) is 5.07. The summed E-state index contributed by atoms with van der Waals surface area (Å²) in [7, 11) is 1.81. The fourth-order valence-corrected chi connectivity index (χ4v) is 2.38. The van der Waals surface area contributed by atoms with Crippen LogP contribution in [0.3, 0.4) is 0 Å². The SMILES string of the molecule is Cl.Cn1cc(N2CCC(NC(=O)C3CNC3)C2=O)cn1. The van der Waals surface area contributed by atoms with Gasteiger partial charge in [-0.05, 0) is 6.42 Å². The molecule has 0 spiro atoms. The summed E-state index contributed by atoms with van der Waals surface area (Å²) >= 11 is 0. The molecule has 0 aromatic carbocycles. The summed E-state index contributed by atoms with van der Waals surface area (Å²) in [5.74, 6) is -0.0565. The fourth-order valence-electron chi connectivity index (χ4n) is 2.38. The van der Waals surface area contributed by atoms with Gasteiger partial charge in [0, 0.05) is 32.9 Å². The molecule has 0 bridgehead atoms. The molecular formula is C12H18ClN5O2. The van der Waals surface area contributed by atoms with Gasteiger partial charge >= 0.3 is 0 Å². The molecule has 8 heteroatoms. The zero-order valence-electron chi connectivity index (χ0n) is 11.2. The quantitative estimate of drug-likeness (QED) is 0.772. The van der Waals surface area contributed by atoms with Crippen LogP contribution in [0.15, 0.2) is 12.4 Å². The molecule has 1 unspecified atom stereocenters. The molecule has 2 amide bonds. The Hall–Kier alpha value is -1.60. The first-order chi connectivity index (χ1) is 9.15. The molecule has 2 aliphatic rings. The topological polar surface area (TPSA) is 79.3 Å². The van der Waals surface area contributed by atoms with E-state index in [1.54, 1.807) is 22.0 Å². The van der Waals surface area contributed by atoms with Gasteiger partial charge in [-0.25, -0.2) is 0 Å². The number of amides is 2. The molecule has 2 saturated heterocycles. The highest BCUT2D eigenvalue weighted by molar-refractivity contribution is 6.01. The molecule has 7 nitrogen and oxygen atoms in total. The third-order valence-electron chi connectivity index (χ3n) is 3.68. The number of carbonyl (C=O) groups is 2. The van der Waals surface area contributed by atoms with Crippen molar-refractivity contribution in [2.75, 3.05) is 24.5 Å². The highest BCUT2D eigenvalue weighted by Crippen LogP contribution is 2.21. The number of anilines is 1. The lowest BCUT2D eigenvalue weighted by atomic mass is 10.0. The Morgan fingerprint density at radius 3 is 2.80 bits per heavy atom. The molecule has 2 aliphatic heterocycles. The second-order valence-electron chi connectivity index (χ2n) is 5.07. The highest BCUT2D eigenvalue weighted by Gasteiger charge is 2.36. The summed E-state index contributed by atoms with van der Waals surface area (Å²) in [6.07, 6.45) is 4.12. The van der Waals surface area contributed by atoms with E-state index < -0.39 is 6.04 Å². The van der Waals surface area contributed by atoms with Gasteiger partial charge in [0.15, 0.2) is 0 Å². The van der Waals surface area contributed by atoms with Gasteiger partial charge in [0.05, 0.1) is 17.8 Å². The lowest BCUT2D eigenvalue weighted by molar-refractivity contribution is -0.130. The zero-order chi connectivity index (χ0) is 13.4. The Morgan fingerprint density at radius 1 is 1.50 bits per heavy atom. The minimum Gasteiger partial charge on any atom is -0.344 e. The van der Waals surface area contributed by atoms with Crippen LogP contribution >= 0.6 is 12.4 Å². The third-order valence-corrected chi connectivity index (χ3v) is 3.68. The van der Waals surface area contributed by atoms with Crippen LogP contribution in [-0.4, -0.2) is 47.3 Å². The minimum atomic E-state index is -0.395. The number of carbonyl (C=O) groups excluding carboxylic acids is 2. The number of hydrogen-bond donors (Lipinski definition) is 2. The van der Waals surface area contributed by atoms with Gasteiger partial charge in [-0.2, -0.15) is 5.10 Å². The van der Waals surface area contributed by atoms with E-state index >= 15 is 0 Å². The Morgan fingerprint density at radius 2 is 2.25 bits per heavy atom. The molecule has 1 aromatic heterocycles. The van der Waals surface area contributed by atoms with E-state index in [1.807, 2.05) is 7.05 Å². The lowest BCUT2D eigenvalue weighted by Gasteiger charge is -2.27. The standard InChI is InChI=1S/C12H17N5O2.ClH/c1-16-7-9(6-14-16)17-3-2-10(12(17)19)15-11(18)8-4-13-5-8;/h6-8,10,13H,2-5H2,1H3,(H,15,18);1H. The summed E-state index contributed by atoms with van der Waals surface area (Å²) < 4.78 is 1.66. The van der Waals surface area contributed by atoms with E-state index in [2.05, 4.69) is 15.7 Å². The first-order valence-electron chi connectivity index (χ1n) is 6.46. The molecule has 3 heterocycles. The summed E-state index contributed by atoms with van der Waals surface area (Å²) in [6.45, 7) is 2.04. The van der Waals surface area contributed by atoms with Gasteiger partial charge in [-0.15, -0.1) is 12.4 Å². The van der Waals surface area contributed by atoms with E-state index in [4.69, 9.17) is 0 Å². The Labute approximate surface area is 123 Å². The highest BCUT2D eigenvalue weighted by atomic mass is 35.5. The van der Waals surface area contributed by atoms with Gasteiger partial charge in [-0.3, -0.25) is 14.3 Å². The maximum absolute atomic E-state index is 12.2. The van der Waals surface area contributed by atoms with Crippen molar-refractivity contribution < 1.29 is 9.59 Å². The Balaban J connectivity index is 0.00000147. The summed E-state index contributed by atoms with van der Waals surface area (Å²) in [4.78, 5) is 25.8. The molecular weight excluding hydrogens is 282 g/mol. The van der Waals surface area contributed by atoms with Crippen LogP contribution in [0.5, 0.6) is 0 Å². The number of nitrogens with zero attached hydrogens (tertiary/aromatic N) is 3. The van der Waals surface area contributed by atoms with Crippen molar-refractivity contribution in [3.63, 3.8) is 0 Å². The molecule has 0 saturated carbocycles. The second kappa shape index (κ2) is 5.80. The van der Waals surface area contributed by atoms with Crippen LogP contribution in [0, 0.1) is 5.92 Å². The minimum absolute atomic E-state index is 0. The van der Waals surface area contributed by atoms with E-state index in [-0.39, 0.29) is 30.1 Å². The van der Waals surface area contributed by atoms with Gasteiger partial charge in [0.1, 0.15) is 6.04 Å². The predicted octanol–water partition coefficient (Wildman–Crippen LogP) is -0.717. The zero-order valence-corrected chi connectivity index (χ0v) is 12.0. The smallest absolute Gasteiger partial charge is 0.249 e. The monoisotopic (exact) mass is 299 g/mol. The average molecular weight is 300 g/mol. The summed E-state index contributed by atoms with van der Waals surface area (Å²) in [6, 6.07) is -0.395. The van der Waals surface area contributed by atoms with Crippen molar-refractivity contribution in [3.05, 3.63) is 12.4 Å². The first kappa shape index (κ1) is 14.8. The van der Waals surface area contributed by atoms with Crippen molar-refractivity contribution in [3.8, 4) is 0 Å². The van der Waals surface area contributed by atoms with E-state index in [9.17, 15) is 9.59 Å². The van der Waals surface area contributed by atoms with Crippen LogP contribution in [0.1, 0.15) is 6.42 Å². The van der Waals surface area contributed by atoms with Crippen LogP contribution < -0.4 is 15.5 Å². The van der Waals surface area contributed by atoms with Gasteiger partial charge in [0.2, 0.25) is 11.8 Å². The molecule has 110 valence electrons. The average Bonchev–Trinajstić information content (AvgIpc) is 2.84. The molecule has 1 atom stereocenters. The number of hydrogen-bond acceptors (Lipinski definition) is 4. The maximum atomic E-state index is 12.2. The van der Waals surface area contributed by atoms with Crippen LogP contribution in [-0.2, 0) is 16.6 Å². The number of halogens is 1. The summed E-state index contributed by atoms with van der Waals surface area (Å²) in [5, 5.41) is 9.95. The third kappa shape index (κ3) is 2.64. The van der Waals surface area contributed by atoms with Gasteiger partial charge < -0.3 is 15.5 Å².